The van der Waals surface area contributed by atoms with E-state index in [2.05, 4.69) is 24.1 Å². The third kappa shape index (κ3) is 5.83. The average molecular weight is 400 g/mol. The largest absolute Gasteiger partial charge is 0.392 e. The number of hydrogen-bond acceptors (Lipinski definition) is 4. The second kappa shape index (κ2) is 8.68. The second-order valence-corrected chi connectivity index (χ2v) is 11.8. The van der Waals surface area contributed by atoms with Gasteiger partial charge in [0, 0.05) is 31.6 Å². The van der Waals surface area contributed by atoms with Gasteiger partial charge in [0.25, 0.3) is 0 Å². The average Bonchev–Trinajstić information content (AvgIpc) is 2.97. The summed E-state index contributed by atoms with van der Waals surface area (Å²) >= 11 is 0. The van der Waals surface area contributed by atoms with E-state index in [1.807, 2.05) is 0 Å². The molecule has 2 N–H and O–H groups in total. The minimum absolute atomic E-state index is 0.143. The predicted molar refractivity (Wildman–Crippen MR) is 110 cm³/mol. The Bertz CT molecular complexity index is 626. The molecule has 2 heterocycles. The number of rotatable bonds is 4. The van der Waals surface area contributed by atoms with Crippen LogP contribution >= 0.6 is 0 Å². The number of aliphatic hydroxyl groups excluding tert-OH is 1. The number of guanidine groups is 1. The molecule has 27 heavy (non-hydrogen) atoms. The molecule has 2 unspecified atom stereocenters. The molecule has 3 aliphatic rings. The molecule has 3 fully saturated rings. The van der Waals surface area contributed by atoms with Crippen molar-refractivity contribution in [3.05, 3.63) is 0 Å². The number of sulfone groups is 1. The first kappa shape index (κ1) is 20.9. The Kier molecular flexibility index (Phi) is 6.72. The van der Waals surface area contributed by atoms with Crippen LogP contribution < -0.4 is 5.32 Å². The SMILES string of the molecule is CC1(C)CN(C(=NCC2CCS(=O)(=O)C2)NCC2CCCCC2)CCC1O. The molecular formula is C20H37N3O3S. The van der Waals surface area contributed by atoms with Crippen LogP contribution in [-0.4, -0.2) is 68.2 Å². The van der Waals surface area contributed by atoms with Crippen molar-refractivity contribution in [3.63, 3.8) is 0 Å². The van der Waals surface area contributed by atoms with Gasteiger partial charge in [0.05, 0.1) is 17.6 Å². The number of hydrogen-bond donors (Lipinski definition) is 2. The lowest BCUT2D eigenvalue weighted by Crippen LogP contribution is -2.54. The highest BCUT2D eigenvalue weighted by Gasteiger charge is 2.36. The molecule has 156 valence electrons. The maximum Gasteiger partial charge on any atom is 0.193 e. The quantitative estimate of drug-likeness (QED) is 0.558. The maximum atomic E-state index is 11.7. The van der Waals surface area contributed by atoms with Crippen LogP contribution in [0.25, 0.3) is 0 Å². The highest BCUT2D eigenvalue weighted by atomic mass is 32.2. The van der Waals surface area contributed by atoms with Crippen molar-refractivity contribution in [2.45, 2.75) is 64.9 Å². The molecule has 1 aliphatic carbocycles. The lowest BCUT2D eigenvalue weighted by atomic mass is 9.81. The summed E-state index contributed by atoms with van der Waals surface area (Å²) in [6.07, 6.45) is 7.75. The van der Waals surface area contributed by atoms with E-state index in [9.17, 15) is 13.5 Å². The van der Waals surface area contributed by atoms with Gasteiger partial charge >= 0.3 is 0 Å². The summed E-state index contributed by atoms with van der Waals surface area (Å²) in [5.41, 5.74) is -0.164. The summed E-state index contributed by atoms with van der Waals surface area (Å²) in [7, 11) is -2.86. The molecule has 0 radical (unpaired) electrons. The van der Waals surface area contributed by atoms with E-state index >= 15 is 0 Å². The van der Waals surface area contributed by atoms with E-state index in [0.717, 1.165) is 38.4 Å². The Morgan fingerprint density at radius 2 is 1.89 bits per heavy atom. The standard InChI is InChI=1S/C20H37N3O3S/c1-20(2)15-23(10-8-18(20)24)19(21-12-16-6-4-3-5-7-16)22-13-17-9-11-27(25,26)14-17/h16-18,24H,3-15H2,1-2H3,(H,21,22). The van der Waals surface area contributed by atoms with E-state index in [1.165, 1.54) is 32.1 Å². The van der Waals surface area contributed by atoms with Crippen LogP contribution in [0.3, 0.4) is 0 Å². The molecule has 0 aromatic heterocycles. The van der Waals surface area contributed by atoms with Crippen LogP contribution in [0.4, 0.5) is 0 Å². The Morgan fingerprint density at radius 1 is 1.15 bits per heavy atom. The monoisotopic (exact) mass is 399 g/mol. The Balaban J connectivity index is 1.65. The van der Waals surface area contributed by atoms with Crippen LogP contribution in [0, 0.1) is 17.3 Å². The summed E-state index contributed by atoms with van der Waals surface area (Å²) < 4.78 is 23.5. The number of aliphatic hydroxyl groups is 1. The molecule has 0 spiro atoms. The van der Waals surface area contributed by atoms with Gasteiger partial charge < -0.3 is 15.3 Å². The minimum Gasteiger partial charge on any atom is -0.392 e. The van der Waals surface area contributed by atoms with E-state index < -0.39 is 9.84 Å². The third-order valence-corrected chi connectivity index (χ3v) is 8.41. The van der Waals surface area contributed by atoms with Crippen molar-refractivity contribution in [1.82, 2.24) is 10.2 Å². The number of likely N-dealkylation sites (tertiary alicyclic amines) is 1. The van der Waals surface area contributed by atoms with Crippen molar-refractivity contribution in [1.29, 1.82) is 0 Å². The second-order valence-electron chi connectivity index (χ2n) is 9.53. The molecular weight excluding hydrogens is 362 g/mol. The first-order valence-corrected chi connectivity index (χ1v) is 12.5. The molecule has 6 nitrogen and oxygen atoms in total. The summed E-state index contributed by atoms with van der Waals surface area (Å²) in [4.78, 5) is 7.12. The van der Waals surface area contributed by atoms with Gasteiger partial charge in [-0.1, -0.05) is 33.1 Å². The van der Waals surface area contributed by atoms with Gasteiger partial charge in [0.1, 0.15) is 0 Å². The zero-order chi connectivity index (χ0) is 19.5. The number of aliphatic imine (C=N–C) groups is 1. The van der Waals surface area contributed by atoms with E-state index in [4.69, 9.17) is 4.99 Å². The summed E-state index contributed by atoms with van der Waals surface area (Å²) in [5, 5.41) is 13.9. The predicted octanol–water partition coefficient (Wildman–Crippen LogP) is 2.04. The zero-order valence-corrected chi connectivity index (χ0v) is 17.8. The Morgan fingerprint density at radius 3 is 2.52 bits per heavy atom. The van der Waals surface area contributed by atoms with Crippen LogP contribution in [0.2, 0.25) is 0 Å². The topological polar surface area (TPSA) is 82.0 Å². The normalized spacial score (nSPS) is 31.8. The van der Waals surface area contributed by atoms with Crippen LogP contribution in [-0.2, 0) is 9.84 Å². The van der Waals surface area contributed by atoms with Crippen molar-refractivity contribution in [2.24, 2.45) is 22.2 Å². The van der Waals surface area contributed by atoms with Crippen LogP contribution in [0.1, 0.15) is 58.8 Å². The first-order chi connectivity index (χ1) is 12.8. The summed E-state index contributed by atoms with van der Waals surface area (Å²) in [6, 6.07) is 0. The molecule has 7 heteroatoms. The van der Waals surface area contributed by atoms with Gasteiger partial charge in [-0.25, -0.2) is 8.42 Å². The highest BCUT2D eigenvalue weighted by molar-refractivity contribution is 7.91. The summed E-state index contributed by atoms with van der Waals surface area (Å²) in [5.74, 6) is 2.34. The molecule has 0 amide bonds. The van der Waals surface area contributed by atoms with E-state index in [1.54, 1.807) is 0 Å². The van der Waals surface area contributed by atoms with Crippen LogP contribution in [0.5, 0.6) is 0 Å². The van der Waals surface area contributed by atoms with Crippen molar-refractivity contribution < 1.29 is 13.5 Å². The van der Waals surface area contributed by atoms with Gasteiger partial charge in [-0.05, 0) is 37.5 Å². The van der Waals surface area contributed by atoms with Gasteiger partial charge in [0.2, 0.25) is 0 Å². The minimum atomic E-state index is -2.86. The lowest BCUT2D eigenvalue weighted by Gasteiger charge is -2.43. The highest BCUT2D eigenvalue weighted by Crippen LogP contribution is 2.29. The molecule has 2 aliphatic heterocycles. The number of piperidine rings is 1. The maximum absolute atomic E-state index is 11.7. The smallest absolute Gasteiger partial charge is 0.193 e. The van der Waals surface area contributed by atoms with Gasteiger partial charge in [-0.3, -0.25) is 4.99 Å². The fourth-order valence-electron chi connectivity index (χ4n) is 4.65. The van der Waals surface area contributed by atoms with E-state index in [0.29, 0.717) is 18.2 Å². The number of nitrogens with one attached hydrogen (secondary N) is 1. The first-order valence-electron chi connectivity index (χ1n) is 10.7. The van der Waals surface area contributed by atoms with Crippen molar-refractivity contribution in [3.8, 4) is 0 Å². The van der Waals surface area contributed by atoms with Gasteiger partial charge in [0.15, 0.2) is 15.8 Å². The Labute approximate surface area is 164 Å². The van der Waals surface area contributed by atoms with Gasteiger partial charge in [-0.15, -0.1) is 0 Å². The molecule has 2 saturated heterocycles. The fourth-order valence-corrected chi connectivity index (χ4v) is 6.50. The fraction of sp³-hybridized carbons (Fsp3) is 0.950. The molecule has 0 aromatic carbocycles. The molecule has 0 aromatic rings. The van der Waals surface area contributed by atoms with Crippen molar-refractivity contribution in [2.75, 3.05) is 37.7 Å². The number of nitrogens with zero attached hydrogens (tertiary/aromatic N) is 2. The lowest BCUT2D eigenvalue weighted by molar-refractivity contribution is -0.00511. The molecule has 0 bridgehead atoms. The third-order valence-electron chi connectivity index (χ3n) is 6.57. The Hall–Kier alpha value is -0.820. The zero-order valence-electron chi connectivity index (χ0n) is 17.0. The van der Waals surface area contributed by atoms with Crippen molar-refractivity contribution >= 4 is 15.8 Å². The van der Waals surface area contributed by atoms with E-state index in [-0.39, 0.29) is 23.2 Å². The molecule has 3 rings (SSSR count). The summed E-state index contributed by atoms with van der Waals surface area (Å²) in [6.45, 7) is 7.29. The molecule has 2 atom stereocenters. The van der Waals surface area contributed by atoms with Crippen LogP contribution in [0.15, 0.2) is 4.99 Å². The molecule has 1 saturated carbocycles. The van der Waals surface area contributed by atoms with Gasteiger partial charge in [-0.2, -0.15) is 0 Å².